The van der Waals surface area contributed by atoms with E-state index in [1.54, 1.807) is 0 Å². The van der Waals surface area contributed by atoms with E-state index in [0.717, 1.165) is 16.9 Å². The molecule has 3 heteroatoms. The Bertz CT molecular complexity index is 268. The van der Waals surface area contributed by atoms with Crippen molar-refractivity contribution in [3.8, 4) is 0 Å². The maximum atomic E-state index is 5.71. The van der Waals surface area contributed by atoms with Gasteiger partial charge in [0.05, 0.1) is 0 Å². The number of aryl methyl sites for hydroxylation is 1. The van der Waals surface area contributed by atoms with Crippen molar-refractivity contribution < 1.29 is 0 Å². The molecule has 0 saturated carbocycles. The zero-order chi connectivity index (χ0) is 9.14. The summed E-state index contributed by atoms with van der Waals surface area (Å²) in [4.78, 5) is 4.23. The van der Waals surface area contributed by atoms with Crippen LogP contribution < -0.4 is 11.1 Å². The molecule has 0 aliphatic rings. The second kappa shape index (κ2) is 3.54. The summed E-state index contributed by atoms with van der Waals surface area (Å²) in [5.74, 6) is 0.916. The van der Waals surface area contributed by atoms with Gasteiger partial charge in [-0.3, -0.25) is 0 Å². The molecule has 0 radical (unpaired) electrons. The number of aromatic nitrogens is 1. The Balaban J connectivity index is 3.02. The third kappa shape index (κ3) is 1.74. The summed E-state index contributed by atoms with van der Waals surface area (Å²) >= 11 is 0. The predicted molar refractivity (Wildman–Crippen MR) is 51.1 cm³/mol. The van der Waals surface area contributed by atoms with E-state index < -0.39 is 0 Å². The highest BCUT2D eigenvalue weighted by Gasteiger charge is 2.02. The van der Waals surface area contributed by atoms with E-state index >= 15 is 0 Å². The van der Waals surface area contributed by atoms with Crippen LogP contribution in [0.4, 0.5) is 5.82 Å². The van der Waals surface area contributed by atoms with Crippen molar-refractivity contribution in [1.82, 2.24) is 4.98 Å². The van der Waals surface area contributed by atoms with Gasteiger partial charge in [-0.1, -0.05) is 0 Å². The third-order valence-electron chi connectivity index (χ3n) is 1.86. The molecule has 0 aromatic carbocycles. The maximum absolute atomic E-state index is 5.71. The van der Waals surface area contributed by atoms with Crippen LogP contribution in [0.25, 0.3) is 0 Å². The van der Waals surface area contributed by atoms with Gasteiger partial charge >= 0.3 is 0 Å². The minimum absolute atomic E-state index is 0.0575. The van der Waals surface area contributed by atoms with Crippen LogP contribution in [0, 0.1) is 6.92 Å². The van der Waals surface area contributed by atoms with Gasteiger partial charge in [-0.2, -0.15) is 0 Å². The molecule has 0 fully saturated rings. The zero-order valence-electron chi connectivity index (χ0n) is 7.76. The van der Waals surface area contributed by atoms with Gasteiger partial charge in [0.15, 0.2) is 0 Å². The first kappa shape index (κ1) is 9.00. The van der Waals surface area contributed by atoms with Crippen molar-refractivity contribution in [3.05, 3.63) is 23.4 Å². The fraction of sp³-hybridized carbons (Fsp3) is 0.444. The second-order valence-corrected chi connectivity index (χ2v) is 2.97. The largest absolute Gasteiger partial charge is 0.373 e. The van der Waals surface area contributed by atoms with Gasteiger partial charge in [0, 0.05) is 19.3 Å². The van der Waals surface area contributed by atoms with Crippen molar-refractivity contribution in [2.45, 2.75) is 19.9 Å². The number of pyridine rings is 1. The van der Waals surface area contributed by atoms with Crippen LogP contribution in [0.1, 0.15) is 24.1 Å². The molecular weight excluding hydrogens is 150 g/mol. The molecule has 0 bridgehead atoms. The summed E-state index contributed by atoms with van der Waals surface area (Å²) in [6, 6.07) is 2.12. The van der Waals surface area contributed by atoms with Gasteiger partial charge in [-0.25, -0.2) is 4.98 Å². The number of hydrogen-bond acceptors (Lipinski definition) is 3. The summed E-state index contributed by atoms with van der Waals surface area (Å²) in [5.41, 5.74) is 7.92. The standard InChI is InChI=1S/C9H15N3/c1-6-4-8(7(2)10)5-12-9(6)11-3/h4-5,7H,10H2,1-3H3,(H,11,12). The predicted octanol–water partition coefficient (Wildman–Crippen LogP) is 1.45. The van der Waals surface area contributed by atoms with E-state index in [2.05, 4.69) is 16.4 Å². The highest BCUT2D eigenvalue weighted by Crippen LogP contribution is 2.15. The molecule has 1 unspecified atom stereocenters. The van der Waals surface area contributed by atoms with Crippen LogP contribution in [-0.2, 0) is 0 Å². The summed E-state index contributed by atoms with van der Waals surface area (Å²) in [7, 11) is 1.86. The normalized spacial score (nSPS) is 12.7. The smallest absolute Gasteiger partial charge is 0.128 e. The maximum Gasteiger partial charge on any atom is 0.128 e. The van der Waals surface area contributed by atoms with Crippen molar-refractivity contribution in [2.24, 2.45) is 5.73 Å². The number of rotatable bonds is 2. The molecular formula is C9H15N3. The Morgan fingerprint density at radius 3 is 2.67 bits per heavy atom. The van der Waals surface area contributed by atoms with Gasteiger partial charge in [0.1, 0.15) is 5.82 Å². The Labute approximate surface area is 73.0 Å². The minimum Gasteiger partial charge on any atom is -0.373 e. The van der Waals surface area contributed by atoms with Crippen LogP contribution in [0.15, 0.2) is 12.3 Å². The van der Waals surface area contributed by atoms with Crippen LogP contribution in [0.2, 0.25) is 0 Å². The highest BCUT2D eigenvalue weighted by molar-refractivity contribution is 5.44. The monoisotopic (exact) mass is 165 g/mol. The molecule has 1 rings (SSSR count). The quantitative estimate of drug-likeness (QED) is 0.697. The average molecular weight is 165 g/mol. The van der Waals surface area contributed by atoms with Crippen LogP contribution in [0.5, 0.6) is 0 Å². The number of nitrogens with zero attached hydrogens (tertiary/aromatic N) is 1. The molecule has 0 aliphatic heterocycles. The Morgan fingerprint density at radius 1 is 1.58 bits per heavy atom. The van der Waals surface area contributed by atoms with Gasteiger partial charge < -0.3 is 11.1 Å². The molecule has 0 aliphatic carbocycles. The first-order chi connectivity index (χ1) is 5.65. The van der Waals surface area contributed by atoms with Gasteiger partial charge in [-0.05, 0) is 31.0 Å². The van der Waals surface area contributed by atoms with E-state index in [9.17, 15) is 0 Å². The average Bonchev–Trinajstić information content (AvgIpc) is 2.04. The van der Waals surface area contributed by atoms with E-state index in [4.69, 9.17) is 5.73 Å². The fourth-order valence-electron chi connectivity index (χ4n) is 1.11. The van der Waals surface area contributed by atoms with Crippen LogP contribution in [-0.4, -0.2) is 12.0 Å². The van der Waals surface area contributed by atoms with Crippen LogP contribution in [0.3, 0.4) is 0 Å². The summed E-state index contributed by atoms with van der Waals surface area (Å²) in [6.07, 6.45) is 1.81. The first-order valence-electron chi connectivity index (χ1n) is 4.05. The van der Waals surface area contributed by atoms with Gasteiger partial charge in [0.2, 0.25) is 0 Å². The third-order valence-corrected chi connectivity index (χ3v) is 1.86. The van der Waals surface area contributed by atoms with Crippen molar-refractivity contribution in [3.63, 3.8) is 0 Å². The fourth-order valence-corrected chi connectivity index (χ4v) is 1.11. The number of nitrogens with two attached hydrogens (primary N) is 1. The molecule has 3 N–H and O–H groups in total. The second-order valence-electron chi connectivity index (χ2n) is 2.97. The topological polar surface area (TPSA) is 50.9 Å². The molecule has 1 aromatic heterocycles. The molecule has 66 valence electrons. The summed E-state index contributed by atoms with van der Waals surface area (Å²) in [5, 5.41) is 3.01. The van der Waals surface area contributed by atoms with Crippen molar-refractivity contribution >= 4 is 5.82 Å². The van der Waals surface area contributed by atoms with E-state index in [1.807, 2.05) is 27.1 Å². The van der Waals surface area contributed by atoms with Gasteiger partial charge in [-0.15, -0.1) is 0 Å². The molecule has 1 atom stereocenters. The molecule has 12 heavy (non-hydrogen) atoms. The summed E-state index contributed by atoms with van der Waals surface area (Å²) < 4.78 is 0. The van der Waals surface area contributed by atoms with E-state index in [0.29, 0.717) is 0 Å². The lowest BCUT2D eigenvalue weighted by atomic mass is 10.1. The summed E-state index contributed by atoms with van der Waals surface area (Å²) in [6.45, 7) is 3.97. The van der Waals surface area contributed by atoms with Crippen molar-refractivity contribution in [1.29, 1.82) is 0 Å². The Hall–Kier alpha value is -1.09. The lowest BCUT2D eigenvalue weighted by molar-refractivity contribution is 0.810. The molecule has 0 saturated heterocycles. The Morgan fingerprint density at radius 2 is 2.25 bits per heavy atom. The molecule has 0 spiro atoms. The highest BCUT2D eigenvalue weighted by atomic mass is 15.0. The van der Waals surface area contributed by atoms with E-state index in [1.165, 1.54) is 0 Å². The van der Waals surface area contributed by atoms with Crippen LogP contribution >= 0.6 is 0 Å². The van der Waals surface area contributed by atoms with Gasteiger partial charge in [0.25, 0.3) is 0 Å². The van der Waals surface area contributed by atoms with Crippen molar-refractivity contribution in [2.75, 3.05) is 12.4 Å². The number of hydrogen-bond donors (Lipinski definition) is 2. The Kier molecular flexibility index (Phi) is 2.65. The molecule has 1 heterocycles. The number of nitrogens with one attached hydrogen (secondary N) is 1. The first-order valence-corrected chi connectivity index (χ1v) is 4.05. The molecule has 1 aromatic rings. The zero-order valence-corrected chi connectivity index (χ0v) is 7.76. The number of anilines is 1. The minimum atomic E-state index is 0.0575. The lowest BCUT2D eigenvalue weighted by Gasteiger charge is -2.08. The molecule has 3 nitrogen and oxygen atoms in total. The van der Waals surface area contributed by atoms with E-state index in [-0.39, 0.29) is 6.04 Å². The lowest BCUT2D eigenvalue weighted by Crippen LogP contribution is -2.06. The SMILES string of the molecule is CNc1ncc(C(C)N)cc1C. The molecule has 0 amide bonds.